The normalized spacial score (nSPS) is 22.9. The van der Waals surface area contributed by atoms with Gasteiger partial charge in [-0.05, 0) is 24.6 Å². The average Bonchev–Trinajstić information content (AvgIpc) is 2.56. The minimum Gasteiger partial charge on any atom is -0.368 e. The van der Waals surface area contributed by atoms with Crippen LogP contribution in [0.2, 0.25) is 0 Å². The molecule has 2 nitrogen and oxygen atoms in total. The van der Waals surface area contributed by atoms with Gasteiger partial charge in [-0.1, -0.05) is 60.2 Å². The maximum absolute atomic E-state index is 12.9. The Balaban J connectivity index is 1.91. The first kappa shape index (κ1) is 14.2. The van der Waals surface area contributed by atoms with E-state index in [1.165, 1.54) is 5.56 Å². The second kappa shape index (κ2) is 6.37. The van der Waals surface area contributed by atoms with Gasteiger partial charge in [-0.3, -0.25) is 4.21 Å². The molecule has 0 fully saturated rings. The van der Waals surface area contributed by atoms with E-state index in [0.29, 0.717) is 6.61 Å². The molecule has 0 bridgehead atoms. The third kappa shape index (κ3) is 3.14. The molecule has 2 aromatic carbocycles. The maximum Gasteiger partial charge on any atom is 0.101 e. The van der Waals surface area contributed by atoms with Crippen molar-refractivity contribution in [2.45, 2.75) is 23.2 Å². The number of hydrogen-bond acceptors (Lipinski definition) is 2. The molecule has 21 heavy (non-hydrogen) atoms. The Morgan fingerprint density at radius 2 is 1.76 bits per heavy atom. The lowest BCUT2D eigenvalue weighted by atomic mass is 10.0. The summed E-state index contributed by atoms with van der Waals surface area (Å²) in [5.74, 6) is 0. The molecule has 0 aromatic heterocycles. The largest absolute Gasteiger partial charge is 0.368 e. The summed E-state index contributed by atoms with van der Waals surface area (Å²) in [6, 6.07) is 17.9. The fourth-order valence-electron chi connectivity index (χ4n) is 2.49. The molecule has 0 saturated heterocycles. The quantitative estimate of drug-likeness (QED) is 0.806. The first-order chi connectivity index (χ1) is 10.3. The Kier molecular flexibility index (Phi) is 4.32. The van der Waals surface area contributed by atoms with Gasteiger partial charge in [-0.15, -0.1) is 0 Å². The van der Waals surface area contributed by atoms with Gasteiger partial charge in [0.05, 0.1) is 22.7 Å². The van der Waals surface area contributed by atoms with Crippen molar-refractivity contribution in [2.75, 3.05) is 6.61 Å². The molecule has 1 heterocycles. The molecular formula is C18H18O2S. The summed E-state index contributed by atoms with van der Waals surface area (Å²) in [5.41, 5.74) is 2.25. The molecule has 3 atom stereocenters. The molecule has 0 saturated carbocycles. The molecule has 0 N–H and O–H groups in total. The number of hydrogen-bond donors (Lipinski definition) is 0. The zero-order valence-electron chi connectivity index (χ0n) is 11.9. The topological polar surface area (TPSA) is 26.3 Å². The van der Waals surface area contributed by atoms with Gasteiger partial charge in [0.2, 0.25) is 0 Å². The van der Waals surface area contributed by atoms with Crippen LogP contribution in [0.5, 0.6) is 0 Å². The van der Waals surface area contributed by atoms with Crippen molar-refractivity contribution in [1.29, 1.82) is 0 Å². The molecule has 1 unspecified atom stereocenters. The van der Waals surface area contributed by atoms with Gasteiger partial charge < -0.3 is 4.74 Å². The van der Waals surface area contributed by atoms with Crippen LogP contribution in [0.4, 0.5) is 0 Å². The molecule has 3 heteroatoms. The number of benzene rings is 2. The maximum atomic E-state index is 12.9. The summed E-state index contributed by atoms with van der Waals surface area (Å²) in [5, 5.41) is -0.149. The van der Waals surface area contributed by atoms with E-state index in [9.17, 15) is 4.21 Å². The SMILES string of the molecule is Cc1ccc(S(=O)[C@H]2C=CCO[C@H]2c2ccccc2)cc1. The van der Waals surface area contributed by atoms with Gasteiger partial charge in [-0.2, -0.15) is 0 Å². The van der Waals surface area contributed by atoms with Crippen molar-refractivity contribution in [2.24, 2.45) is 0 Å². The van der Waals surface area contributed by atoms with Crippen LogP contribution in [0.15, 0.2) is 71.6 Å². The zero-order valence-corrected chi connectivity index (χ0v) is 12.8. The molecule has 108 valence electrons. The van der Waals surface area contributed by atoms with Gasteiger partial charge in [0, 0.05) is 4.90 Å². The third-order valence-corrected chi connectivity index (χ3v) is 5.26. The monoisotopic (exact) mass is 298 g/mol. The van der Waals surface area contributed by atoms with Crippen LogP contribution in [0.25, 0.3) is 0 Å². The fourth-order valence-corrected chi connectivity index (χ4v) is 3.92. The summed E-state index contributed by atoms with van der Waals surface area (Å²) in [4.78, 5) is 0.849. The van der Waals surface area contributed by atoms with Crippen molar-refractivity contribution < 1.29 is 8.95 Å². The summed E-state index contributed by atoms with van der Waals surface area (Å²) in [6.45, 7) is 2.60. The second-order valence-corrected chi connectivity index (χ2v) is 6.78. The van der Waals surface area contributed by atoms with Crippen LogP contribution in [0, 0.1) is 6.92 Å². The van der Waals surface area contributed by atoms with E-state index in [1.807, 2.05) is 73.7 Å². The average molecular weight is 298 g/mol. The Morgan fingerprint density at radius 1 is 1.05 bits per heavy atom. The summed E-state index contributed by atoms with van der Waals surface area (Å²) in [7, 11) is -1.12. The smallest absolute Gasteiger partial charge is 0.101 e. The summed E-state index contributed by atoms with van der Waals surface area (Å²) >= 11 is 0. The lowest BCUT2D eigenvalue weighted by molar-refractivity contribution is 0.0709. The van der Waals surface area contributed by atoms with E-state index in [-0.39, 0.29) is 11.4 Å². The van der Waals surface area contributed by atoms with E-state index in [4.69, 9.17) is 4.74 Å². The molecule has 2 aromatic rings. The van der Waals surface area contributed by atoms with Gasteiger partial charge in [-0.25, -0.2) is 0 Å². The standard InChI is InChI=1S/C18H18O2S/c1-14-9-11-16(12-10-14)21(19)17-8-5-13-20-18(17)15-6-3-2-4-7-15/h2-12,17-18H,13H2,1H3/t17-,18-,21?/m0/s1. The molecule has 0 amide bonds. The van der Waals surface area contributed by atoms with Crippen LogP contribution in [-0.4, -0.2) is 16.1 Å². The highest BCUT2D eigenvalue weighted by molar-refractivity contribution is 7.86. The molecule has 1 aliphatic rings. The van der Waals surface area contributed by atoms with Gasteiger partial charge in [0.25, 0.3) is 0 Å². The van der Waals surface area contributed by atoms with E-state index >= 15 is 0 Å². The van der Waals surface area contributed by atoms with E-state index in [1.54, 1.807) is 0 Å². The van der Waals surface area contributed by atoms with Crippen molar-refractivity contribution in [3.8, 4) is 0 Å². The number of aryl methyl sites for hydroxylation is 1. The molecule has 1 aliphatic heterocycles. The van der Waals surface area contributed by atoms with Crippen LogP contribution < -0.4 is 0 Å². The van der Waals surface area contributed by atoms with Crippen molar-refractivity contribution >= 4 is 10.8 Å². The molecule has 0 aliphatic carbocycles. The second-order valence-electron chi connectivity index (χ2n) is 5.17. The van der Waals surface area contributed by atoms with Crippen LogP contribution >= 0.6 is 0 Å². The Morgan fingerprint density at radius 3 is 2.48 bits per heavy atom. The highest BCUT2D eigenvalue weighted by Crippen LogP contribution is 2.31. The van der Waals surface area contributed by atoms with Crippen molar-refractivity contribution in [3.05, 3.63) is 77.9 Å². The zero-order chi connectivity index (χ0) is 14.7. The van der Waals surface area contributed by atoms with Gasteiger partial charge in [0.1, 0.15) is 6.10 Å². The first-order valence-electron chi connectivity index (χ1n) is 7.06. The van der Waals surface area contributed by atoms with Crippen LogP contribution in [0.1, 0.15) is 17.2 Å². The number of ether oxygens (including phenoxy) is 1. The summed E-state index contributed by atoms with van der Waals surface area (Å²) < 4.78 is 18.7. The minimum absolute atomic E-state index is 0.149. The number of rotatable bonds is 3. The summed E-state index contributed by atoms with van der Waals surface area (Å²) in [6.07, 6.45) is 3.83. The van der Waals surface area contributed by atoms with Crippen molar-refractivity contribution in [3.63, 3.8) is 0 Å². The van der Waals surface area contributed by atoms with Crippen LogP contribution in [0.3, 0.4) is 0 Å². The third-order valence-electron chi connectivity index (χ3n) is 3.62. The lowest BCUT2D eigenvalue weighted by Crippen LogP contribution is -2.27. The predicted molar refractivity (Wildman–Crippen MR) is 85.7 cm³/mol. The van der Waals surface area contributed by atoms with Gasteiger partial charge >= 0.3 is 0 Å². The molecular weight excluding hydrogens is 280 g/mol. The van der Waals surface area contributed by atoms with E-state index < -0.39 is 10.8 Å². The Labute approximate surface area is 127 Å². The lowest BCUT2D eigenvalue weighted by Gasteiger charge is -2.27. The molecule has 3 rings (SSSR count). The van der Waals surface area contributed by atoms with E-state index in [0.717, 1.165) is 10.5 Å². The predicted octanol–water partition coefficient (Wildman–Crippen LogP) is 3.80. The Hall–Kier alpha value is -1.71. The van der Waals surface area contributed by atoms with Gasteiger partial charge in [0.15, 0.2) is 0 Å². The highest BCUT2D eigenvalue weighted by atomic mass is 32.2. The van der Waals surface area contributed by atoms with Crippen molar-refractivity contribution in [1.82, 2.24) is 0 Å². The fraction of sp³-hybridized carbons (Fsp3) is 0.222. The van der Waals surface area contributed by atoms with Crippen LogP contribution in [-0.2, 0) is 15.5 Å². The molecule has 0 radical (unpaired) electrons. The highest BCUT2D eigenvalue weighted by Gasteiger charge is 2.29. The minimum atomic E-state index is -1.12. The Bertz CT molecular complexity index is 647. The van der Waals surface area contributed by atoms with E-state index in [2.05, 4.69) is 0 Å². The first-order valence-corrected chi connectivity index (χ1v) is 8.27. The molecule has 0 spiro atoms.